The normalized spacial score (nSPS) is 16.6. The molecule has 1 aliphatic rings. The smallest absolute Gasteiger partial charge is 0.240 e. The Morgan fingerprint density at radius 1 is 1.48 bits per heavy atom. The minimum absolute atomic E-state index is 0.0506. The third-order valence-corrected chi connectivity index (χ3v) is 5.01. The van der Waals surface area contributed by atoms with Crippen molar-refractivity contribution in [1.82, 2.24) is 20.1 Å². The first-order chi connectivity index (χ1) is 12.0. The molecule has 1 aromatic heterocycles. The summed E-state index contributed by atoms with van der Waals surface area (Å²) >= 11 is 5.31. The third kappa shape index (κ3) is 4.35. The van der Waals surface area contributed by atoms with E-state index in [1.807, 2.05) is 31.2 Å². The summed E-state index contributed by atoms with van der Waals surface area (Å²) < 4.78 is 7.58. The Balaban J connectivity index is 1.71. The number of aromatic amines is 1. The van der Waals surface area contributed by atoms with E-state index in [4.69, 9.17) is 17.0 Å². The summed E-state index contributed by atoms with van der Waals surface area (Å²) in [4.78, 5) is 12.5. The molecule has 1 atom stereocenters. The highest BCUT2D eigenvalue weighted by atomic mass is 32.1. The Hall–Kier alpha value is -1.99. The van der Waals surface area contributed by atoms with E-state index in [9.17, 15) is 4.79 Å². The number of amides is 1. The topological polar surface area (TPSA) is 71.9 Å². The zero-order chi connectivity index (χ0) is 17.8. The van der Waals surface area contributed by atoms with Crippen molar-refractivity contribution < 1.29 is 9.53 Å². The Morgan fingerprint density at radius 3 is 2.96 bits per heavy atom. The van der Waals surface area contributed by atoms with Crippen molar-refractivity contribution in [2.24, 2.45) is 5.92 Å². The predicted octanol–water partition coefficient (Wildman–Crippen LogP) is 2.85. The van der Waals surface area contributed by atoms with Crippen molar-refractivity contribution >= 4 is 18.1 Å². The number of rotatable bonds is 5. The van der Waals surface area contributed by atoms with E-state index in [2.05, 4.69) is 22.4 Å². The van der Waals surface area contributed by atoms with Gasteiger partial charge in [-0.05, 0) is 50.9 Å². The standard InChI is InChI=1S/C18H24N4O2S/c1-12-4-3-5-15(10-12)17-20-21-18(25)22(17)11-16(23)19-13(2)14-6-8-24-9-7-14/h3-5,10,13-14H,6-9,11H2,1-2H3,(H,19,23)(H,21,25)/t13-/m1/s1. The zero-order valence-corrected chi connectivity index (χ0v) is 15.4. The van der Waals surface area contributed by atoms with Crippen LogP contribution in [0, 0.1) is 17.6 Å². The van der Waals surface area contributed by atoms with Crippen LogP contribution in [0.2, 0.25) is 0 Å². The highest BCUT2D eigenvalue weighted by Crippen LogP contribution is 2.20. The highest BCUT2D eigenvalue weighted by Gasteiger charge is 2.22. The van der Waals surface area contributed by atoms with Gasteiger partial charge in [-0.15, -0.1) is 0 Å². The van der Waals surface area contributed by atoms with Crippen molar-refractivity contribution in [2.45, 2.75) is 39.3 Å². The number of hydrogen-bond acceptors (Lipinski definition) is 4. The number of aromatic nitrogens is 3. The molecule has 0 radical (unpaired) electrons. The van der Waals surface area contributed by atoms with Crippen molar-refractivity contribution in [3.63, 3.8) is 0 Å². The van der Waals surface area contributed by atoms with Gasteiger partial charge < -0.3 is 10.1 Å². The van der Waals surface area contributed by atoms with Crippen LogP contribution < -0.4 is 5.32 Å². The van der Waals surface area contributed by atoms with Gasteiger partial charge >= 0.3 is 0 Å². The van der Waals surface area contributed by atoms with Crippen LogP contribution in [0.25, 0.3) is 11.4 Å². The minimum Gasteiger partial charge on any atom is -0.381 e. The Labute approximate surface area is 152 Å². The lowest BCUT2D eigenvalue weighted by molar-refractivity contribution is -0.122. The van der Waals surface area contributed by atoms with Gasteiger partial charge in [-0.25, -0.2) is 0 Å². The molecule has 0 aliphatic carbocycles. The molecular weight excluding hydrogens is 336 g/mol. The summed E-state index contributed by atoms with van der Waals surface area (Å²) in [6.07, 6.45) is 1.97. The lowest BCUT2D eigenvalue weighted by atomic mass is 9.93. The van der Waals surface area contributed by atoms with E-state index >= 15 is 0 Å². The van der Waals surface area contributed by atoms with Gasteiger partial charge in [-0.2, -0.15) is 5.10 Å². The van der Waals surface area contributed by atoms with Crippen molar-refractivity contribution in [3.05, 3.63) is 34.6 Å². The fourth-order valence-electron chi connectivity index (χ4n) is 3.25. The average molecular weight is 360 g/mol. The van der Waals surface area contributed by atoms with Gasteiger partial charge in [0.05, 0.1) is 0 Å². The molecule has 0 bridgehead atoms. The summed E-state index contributed by atoms with van der Waals surface area (Å²) in [5.74, 6) is 1.10. The second-order valence-corrected chi connectivity index (χ2v) is 7.00. The number of aryl methyl sites for hydroxylation is 1. The van der Waals surface area contributed by atoms with E-state index in [1.54, 1.807) is 4.57 Å². The quantitative estimate of drug-likeness (QED) is 0.804. The lowest BCUT2D eigenvalue weighted by Gasteiger charge is -2.28. The van der Waals surface area contributed by atoms with Gasteiger partial charge in [-0.1, -0.05) is 23.8 Å². The molecule has 0 unspecified atom stereocenters. The lowest BCUT2D eigenvalue weighted by Crippen LogP contribution is -2.41. The molecule has 1 aliphatic heterocycles. The van der Waals surface area contributed by atoms with Crippen LogP contribution in [-0.4, -0.2) is 39.9 Å². The number of nitrogens with one attached hydrogen (secondary N) is 2. The van der Waals surface area contributed by atoms with E-state index in [0.29, 0.717) is 16.5 Å². The number of carbonyl (C=O) groups excluding carboxylic acids is 1. The summed E-state index contributed by atoms with van der Waals surface area (Å²) in [5, 5.41) is 10.2. The van der Waals surface area contributed by atoms with E-state index in [1.165, 1.54) is 0 Å². The molecule has 7 heteroatoms. The first-order valence-corrected chi connectivity index (χ1v) is 9.05. The van der Waals surface area contributed by atoms with Gasteiger partial charge in [0, 0.05) is 24.8 Å². The van der Waals surface area contributed by atoms with Gasteiger partial charge in [0.25, 0.3) is 0 Å². The second-order valence-electron chi connectivity index (χ2n) is 6.61. The maximum Gasteiger partial charge on any atom is 0.240 e. The first-order valence-electron chi connectivity index (χ1n) is 8.64. The Bertz CT molecular complexity index is 792. The molecule has 1 fully saturated rings. The molecule has 1 amide bonds. The summed E-state index contributed by atoms with van der Waals surface area (Å²) in [6.45, 7) is 5.79. The average Bonchev–Trinajstić information content (AvgIpc) is 2.96. The molecule has 2 N–H and O–H groups in total. The minimum atomic E-state index is -0.0506. The molecule has 134 valence electrons. The predicted molar refractivity (Wildman–Crippen MR) is 98.7 cm³/mol. The monoisotopic (exact) mass is 360 g/mol. The maximum absolute atomic E-state index is 12.5. The number of hydrogen-bond donors (Lipinski definition) is 2. The molecule has 0 spiro atoms. The van der Waals surface area contributed by atoms with Crippen molar-refractivity contribution in [3.8, 4) is 11.4 Å². The molecule has 1 saturated heterocycles. The maximum atomic E-state index is 12.5. The molecule has 25 heavy (non-hydrogen) atoms. The van der Waals surface area contributed by atoms with Crippen molar-refractivity contribution in [1.29, 1.82) is 0 Å². The van der Waals surface area contributed by atoms with Gasteiger partial charge in [0.1, 0.15) is 6.54 Å². The van der Waals surface area contributed by atoms with Crippen LogP contribution in [0.5, 0.6) is 0 Å². The van der Waals surface area contributed by atoms with E-state index in [0.717, 1.165) is 37.2 Å². The third-order valence-electron chi connectivity index (χ3n) is 4.70. The second kappa shape index (κ2) is 7.93. The number of benzene rings is 1. The largest absolute Gasteiger partial charge is 0.381 e. The molecule has 6 nitrogen and oxygen atoms in total. The number of nitrogens with zero attached hydrogens (tertiary/aromatic N) is 2. The SMILES string of the molecule is Cc1cccc(-c2n[nH]c(=S)n2CC(=O)N[C@H](C)C2CCOCC2)c1. The van der Waals surface area contributed by atoms with Crippen LogP contribution in [0.3, 0.4) is 0 Å². The Morgan fingerprint density at radius 2 is 2.24 bits per heavy atom. The van der Waals surface area contributed by atoms with E-state index < -0.39 is 0 Å². The molecule has 1 aromatic carbocycles. The number of H-pyrrole nitrogens is 1. The number of carbonyl (C=O) groups is 1. The zero-order valence-electron chi connectivity index (χ0n) is 14.6. The summed E-state index contributed by atoms with van der Waals surface area (Å²) in [6, 6.07) is 8.12. The van der Waals surface area contributed by atoms with Crippen LogP contribution in [-0.2, 0) is 16.1 Å². The summed E-state index contributed by atoms with van der Waals surface area (Å²) in [5.41, 5.74) is 2.08. The van der Waals surface area contributed by atoms with Crippen LogP contribution in [0.15, 0.2) is 24.3 Å². The Kier molecular flexibility index (Phi) is 5.65. The van der Waals surface area contributed by atoms with Gasteiger partial charge in [0.15, 0.2) is 10.6 Å². The van der Waals surface area contributed by atoms with Gasteiger partial charge in [0.2, 0.25) is 5.91 Å². The fourth-order valence-corrected chi connectivity index (χ4v) is 3.44. The fraction of sp³-hybridized carbons (Fsp3) is 0.500. The molecule has 2 aromatic rings. The molecule has 0 saturated carbocycles. The molecule has 3 rings (SSSR count). The molecular formula is C18H24N4O2S. The van der Waals surface area contributed by atoms with Gasteiger partial charge in [-0.3, -0.25) is 14.5 Å². The van der Waals surface area contributed by atoms with Crippen LogP contribution in [0.4, 0.5) is 0 Å². The van der Waals surface area contributed by atoms with Crippen LogP contribution >= 0.6 is 12.2 Å². The first kappa shape index (κ1) is 17.8. The van der Waals surface area contributed by atoms with Crippen molar-refractivity contribution in [2.75, 3.05) is 13.2 Å². The highest BCUT2D eigenvalue weighted by molar-refractivity contribution is 7.71. The van der Waals surface area contributed by atoms with E-state index in [-0.39, 0.29) is 18.5 Å². The number of ether oxygens (including phenoxy) is 1. The van der Waals surface area contributed by atoms with Crippen LogP contribution in [0.1, 0.15) is 25.3 Å². The molecule has 2 heterocycles. The summed E-state index contributed by atoms with van der Waals surface area (Å²) in [7, 11) is 0.